The van der Waals surface area contributed by atoms with E-state index in [1.165, 1.54) is 39.2 Å². The fraction of sp³-hybridized carbons (Fsp3) is 0.462. The van der Waals surface area contributed by atoms with Gasteiger partial charge in [-0.1, -0.05) is 26.0 Å². The monoisotopic (exact) mass is 686 g/mol. The number of hydrogen-bond acceptors (Lipinski definition) is 6. The summed E-state index contributed by atoms with van der Waals surface area (Å²) in [6, 6.07) is 15.3. The number of aromatic nitrogens is 2. The van der Waals surface area contributed by atoms with Crippen LogP contribution >= 0.6 is 0 Å². The van der Waals surface area contributed by atoms with Crippen molar-refractivity contribution >= 4 is 22.5 Å². The van der Waals surface area contributed by atoms with Crippen molar-refractivity contribution in [1.82, 2.24) is 19.8 Å². The van der Waals surface area contributed by atoms with Gasteiger partial charge in [0.15, 0.2) is 5.96 Å². The number of halogens is 2. The van der Waals surface area contributed by atoms with Gasteiger partial charge in [0.25, 0.3) is 5.56 Å². The fourth-order valence-corrected chi connectivity index (χ4v) is 7.16. The maximum atomic E-state index is 14.9. The fourth-order valence-electron chi connectivity index (χ4n) is 7.16. The average molecular weight is 687 g/mol. The molecule has 2 fully saturated rings. The van der Waals surface area contributed by atoms with E-state index in [2.05, 4.69) is 29.4 Å². The molecule has 266 valence electrons. The van der Waals surface area contributed by atoms with Gasteiger partial charge in [0, 0.05) is 57.0 Å². The van der Waals surface area contributed by atoms with E-state index in [-0.39, 0.29) is 30.4 Å². The number of guanidine groups is 1. The van der Waals surface area contributed by atoms with Crippen molar-refractivity contribution in [3.63, 3.8) is 0 Å². The van der Waals surface area contributed by atoms with Crippen LogP contribution < -0.4 is 25.7 Å². The van der Waals surface area contributed by atoms with Crippen LogP contribution in [0, 0.1) is 23.5 Å². The zero-order valence-corrected chi connectivity index (χ0v) is 29.5. The summed E-state index contributed by atoms with van der Waals surface area (Å²) >= 11 is 0. The van der Waals surface area contributed by atoms with Gasteiger partial charge in [0.2, 0.25) is 0 Å². The molecule has 3 atom stereocenters. The quantitative estimate of drug-likeness (QED) is 0.151. The molecule has 2 aliphatic rings. The summed E-state index contributed by atoms with van der Waals surface area (Å²) in [5.41, 5.74) is 2.07. The van der Waals surface area contributed by atoms with Gasteiger partial charge >= 0.3 is 0 Å². The molecule has 1 saturated heterocycles. The standard InChI is InChI=1S/C39H48F2N6O3/c1-25-5-13-35(26(2)21-25)45-39(46-19-16-42-17-20-46)43-29-9-12-32-36(22-29)44-37(14-8-27-6-10-30(49-3)23-33(27)40)47(38(32)48)18-15-28-7-11-31(50-4)24-34(28)41/h6-7,9-12,22-26,35,42H,5,8,13-21H2,1-4H3,(H,43,45). The lowest BCUT2D eigenvalue weighted by Gasteiger charge is -2.34. The predicted octanol–water partition coefficient (Wildman–Crippen LogP) is 6.22. The number of methoxy groups -OCH3 is 2. The number of fused-ring (bicyclic) bond motifs is 1. The molecule has 1 aliphatic heterocycles. The molecule has 50 heavy (non-hydrogen) atoms. The molecular weight excluding hydrogens is 638 g/mol. The highest BCUT2D eigenvalue weighted by molar-refractivity contribution is 5.96. The molecule has 2 heterocycles. The van der Waals surface area contributed by atoms with E-state index in [1.54, 1.807) is 34.9 Å². The third-order valence-corrected chi connectivity index (χ3v) is 10.1. The Morgan fingerprint density at radius 2 is 1.60 bits per heavy atom. The number of aryl methyl sites for hydroxylation is 3. The molecular formula is C39H48F2N6O3. The van der Waals surface area contributed by atoms with Crippen LogP contribution in [0.15, 0.2) is 64.4 Å². The van der Waals surface area contributed by atoms with Crippen LogP contribution in [-0.2, 0) is 25.8 Å². The van der Waals surface area contributed by atoms with Gasteiger partial charge in [-0.05, 0) is 85.4 Å². The van der Waals surface area contributed by atoms with Gasteiger partial charge in [0.05, 0.1) is 31.2 Å². The number of nitrogens with zero attached hydrogens (tertiary/aromatic N) is 4. The van der Waals surface area contributed by atoms with Crippen molar-refractivity contribution in [2.45, 2.75) is 65.0 Å². The Morgan fingerprint density at radius 1 is 0.920 bits per heavy atom. The minimum Gasteiger partial charge on any atom is -0.497 e. The first-order chi connectivity index (χ1) is 24.2. The second-order valence-electron chi connectivity index (χ2n) is 13.7. The van der Waals surface area contributed by atoms with E-state index < -0.39 is 5.82 Å². The minimum absolute atomic E-state index is 0.212. The Kier molecular flexibility index (Phi) is 11.3. The maximum absolute atomic E-state index is 14.9. The van der Waals surface area contributed by atoms with E-state index in [0.29, 0.717) is 64.0 Å². The van der Waals surface area contributed by atoms with Crippen LogP contribution in [0.5, 0.6) is 11.5 Å². The topological polar surface area (TPSA) is 93.0 Å². The summed E-state index contributed by atoms with van der Waals surface area (Å²) < 4.78 is 41.7. The summed E-state index contributed by atoms with van der Waals surface area (Å²) in [4.78, 5) is 26.7. The van der Waals surface area contributed by atoms with Crippen molar-refractivity contribution < 1.29 is 18.3 Å². The van der Waals surface area contributed by atoms with Crippen LogP contribution in [0.3, 0.4) is 0 Å². The predicted molar refractivity (Wildman–Crippen MR) is 194 cm³/mol. The zero-order valence-electron chi connectivity index (χ0n) is 29.5. The molecule has 1 saturated carbocycles. The molecule has 0 bridgehead atoms. The highest BCUT2D eigenvalue weighted by Gasteiger charge is 2.27. The van der Waals surface area contributed by atoms with E-state index in [0.717, 1.165) is 44.2 Å². The summed E-state index contributed by atoms with van der Waals surface area (Å²) in [7, 11) is 2.99. The van der Waals surface area contributed by atoms with Crippen LogP contribution in [0.4, 0.5) is 14.5 Å². The number of ether oxygens (including phenoxy) is 2. The third kappa shape index (κ3) is 8.26. The lowest BCUT2D eigenvalue weighted by molar-refractivity contribution is 0.261. The van der Waals surface area contributed by atoms with Crippen LogP contribution in [0.2, 0.25) is 0 Å². The molecule has 0 radical (unpaired) electrons. The van der Waals surface area contributed by atoms with E-state index >= 15 is 0 Å². The molecule has 3 unspecified atom stereocenters. The van der Waals surface area contributed by atoms with Crippen LogP contribution in [-0.4, -0.2) is 66.9 Å². The number of benzene rings is 3. The van der Waals surface area contributed by atoms with Crippen molar-refractivity contribution in [2.24, 2.45) is 16.8 Å². The Balaban J connectivity index is 1.33. The molecule has 6 rings (SSSR count). The van der Waals surface area contributed by atoms with Crippen LogP contribution in [0.25, 0.3) is 10.9 Å². The molecule has 1 aliphatic carbocycles. The molecule has 4 aromatic rings. The smallest absolute Gasteiger partial charge is 0.261 e. The number of anilines is 1. The van der Waals surface area contributed by atoms with Crippen molar-refractivity contribution in [2.75, 3.05) is 45.7 Å². The van der Waals surface area contributed by atoms with Gasteiger partial charge in [0.1, 0.15) is 29.0 Å². The molecule has 1 aromatic heterocycles. The number of aliphatic imine (C=N–C) groups is 1. The molecule has 2 N–H and O–H groups in total. The Bertz CT molecular complexity index is 1890. The SMILES string of the molecule is COc1ccc(CCc2nc3cc(NC(=NC4CCC(C)CC4C)N4CCNCC4)ccc3c(=O)n2CCc2ccc(OC)cc2F)c(F)c1. The summed E-state index contributed by atoms with van der Waals surface area (Å²) in [5, 5.41) is 7.48. The van der Waals surface area contributed by atoms with Crippen molar-refractivity contribution in [3.05, 3.63) is 93.5 Å². The lowest BCUT2D eigenvalue weighted by Crippen LogP contribution is -2.49. The van der Waals surface area contributed by atoms with Crippen molar-refractivity contribution in [1.29, 1.82) is 0 Å². The molecule has 0 amide bonds. The summed E-state index contributed by atoms with van der Waals surface area (Å²) in [6.07, 6.45) is 4.31. The van der Waals surface area contributed by atoms with Crippen LogP contribution in [0.1, 0.15) is 50.1 Å². The van der Waals surface area contributed by atoms with Crippen molar-refractivity contribution in [3.8, 4) is 11.5 Å². The normalized spacial score (nSPS) is 19.8. The minimum atomic E-state index is -0.400. The van der Waals surface area contributed by atoms with E-state index in [4.69, 9.17) is 19.5 Å². The third-order valence-electron chi connectivity index (χ3n) is 10.1. The van der Waals surface area contributed by atoms with Gasteiger partial charge in [-0.3, -0.25) is 9.36 Å². The van der Waals surface area contributed by atoms with Gasteiger partial charge in [-0.2, -0.15) is 0 Å². The van der Waals surface area contributed by atoms with Gasteiger partial charge < -0.3 is 25.0 Å². The van der Waals surface area contributed by atoms with Gasteiger partial charge in [-0.15, -0.1) is 0 Å². The number of rotatable bonds is 10. The summed E-state index contributed by atoms with van der Waals surface area (Å²) in [5.74, 6) is 2.65. The number of nitrogens with one attached hydrogen (secondary N) is 2. The second kappa shape index (κ2) is 16.0. The number of hydrogen-bond donors (Lipinski definition) is 2. The first-order valence-corrected chi connectivity index (χ1v) is 17.7. The van der Waals surface area contributed by atoms with E-state index in [9.17, 15) is 13.6 Å². The Hall–Kier alpha value is -4.51. The lowest BCUT2D eigenvalue weighted by atomic mass is 9.80. The largest absolute Gasteiger partial charge is 0.497 e. The highest BCUT2D eigenvalue weighted by atomic mass is 19.1. The Labute approximate surface area is 292 Å². The maximum Gasteiger partial charge on any atom is 0.261 e. The van der Waals surface area contributed by atoms with Gasteiger partial charge in [-0.25, -0.2) is 18.8 Å². The first kappa shape index (κ1) is 35.3. The Morgan fingerprint density at radius 3 is 2.24 bits per heavy atom. The average Bonchev–Trinajstić information content (AvgIpc) is 3.12. The molecule has 3 aromatic carbocycles. The highest BCUT2D eigenvalue weighted by Crippen LogP contribution is 2.31. The summed E-state index contributed by atoms with van der Waals surface area (Å²) in [6.45, 7) is 8.29. The molecule has 9 nitrogen and oxygen atoms in total. The van der Waals surface area contributed by atoms with E-state index in [1.807, 2.05) is 12.1 Å². The zero-order chi connectivity index (χ0) is 35.2. The molecule has 0 spiro atoms. The molecule has 11 heteroatoms. The number of piperazine rings is 1. The first-order valence-electron chi connectivity index (χ1n) is 17.7. The second-order valence-corrected chi connectivity index (χ2v) is 13.7.